The first-order valence-electron chi connectivity index (χ1n) is 6.66. The van der Waals surface area contributed by atoms with Crippen molar-refractivity contribution in [3.63, 3.8) is 0 Å². The second-order valence-electron chi connectivity index (χ2n) is 4.93. The van der Waals surface area contributed by atoms with Crippen LogP contribution in [0.15, 0.2) is 46.9 Å². The topological polar surface area (TPSA) is 29.5 Å². The molecule has 0 heterocycles. The zero-order valence-electron chi connectivity index (χ0n) is 12.4. The van der Waals surface area contributed by atoms with Crippen LogP contribution in [-0.2, 0) is 6.54 Å². The Balaban J connectivity index is 2.15. The summed E-state index contributed by atoms with van der Waals surface area (Å²) in [5.41, 5.74) is 2.96. The van der Waals surface area contributed by atoms with Crippen molar-refractivity contribution in [2.24, 2.45) is 0 Å². The number of carbonyl (C=O) groups excluding carboxylic acids is 1. The third kappa shape index (κ3) is 3.85. The van der Waals surface area contributed by atoms with Crippen LogP contribution in [0, 0.1) is 0 Å². The van der Waals surface area contributed by atoms with Crippen molar-refractivity contribution in [3.05, 3.63) is 58.1 Å². The van der Waals surface area contributed by atoms with Crippen LogP contribution in [0.5, 0.6) is 5.75 Å². The molecule has 0 bridgehead atoms. The van der Waals surface area contributed by atoms with E-state index in [-0.39, 0.29) is 5.78 Å². The molecule has 4 heteroatoms. The van der Waals surface area contributed by atoms with E-state index in [1.807, 2.05) is 49.5 Å². The maximum atomic E-state index is 11.4. The Kier molecular flexibility index (Phi) is 5.02. The molecule has 21 heavy (non-hydrogen) atoms. The normalized spacial score (nSPS) is 10.3. The second-order valence-corrected chi connectivity index (χ2v) is 5.78. The smallest absolute Gasteiger partial charge is 0.159 e. The van der Waals surface area contributed by atoms with Crippen LogP contribution in [-0.4, -0.2) is 19.9 Å². The van der Waals surface area contributed by atoms with Crippen LogP contribution < -0.4 is 9.64 Å². The SMILES string of the molecule is COc1ccc(CN(C)c2ccc(C(C)=O)cc2Br)cc1. The van der Waals surface area contributed by atoms with Gasteiger partial charge in [-0.05, 0) is 58.7 Å². The number of hydrogen-bond donors (Lipinski definition) is 0. The molecule has 0 aliphatic carbocycles. The Morgan fingerprint density at radius 3 is 2.38 bits per heavy atom. The molecule has 110 valence electrons. The Morgan fingerprint density at radius 1 is 1.19 bits per heavy atom. The molecule has 0 saturated carbocycles. The van der Waals surface area contributed by atoms with E-state index in [0.29, 0.717) is 5.56 Å². The molecule has 2 rings (SSSR count). The third-order valence-corrected chi connectivity index (χ3v) is 3.98. The molecule has 0 saturated heterocycles. The van der Waals surface area contributed by atoms with E-state index in [9.17, 15) is 4.79 Å². The highest BCUT2D eigenvalue weighted by Gasteiger charge is 2.09. The molecular formula is C17H18BrNO2. The van der Waals surface area contributed by atoms with Crippen LogP contribution in [0.3, 0.4) is 0 Å². The fourth-order valence-corrected chi connectivity index (χ4v) is 2.81. The lowest BCUT2D eigenvalue weighted by Crippen LogP contribution is -2.17. The number of benzene rings is 2. The van der Waals surface area contributed by atoms with Crippen LogP contribution in [0.1, 0.15) is 22.8 Å². The third-order valence-electron chi connectivity index (χ3n) is 3.34. The van der Waals surface area contributed by atoms with Gasteiger partial charge in [0.1, 0.15) is 5.75 Å². The number of hydrogen-bond acceptors (Lipinski definition) is 3. The van der Waals surface area contributed by atoms with Crippen LogP contribution in [0.4, 0.5) is 5.69 Å². The zero-order chi connectivity index (χ0) is 15.4. The zero-order valence-corrected chi connectivity index (χ0v) is 14.0. The van der Waals surface area contributed by atoms with E-state index in [1.165, 1.54) is 5.56 Å². The number of anilines is 1. The van der Waals surface area contributed by atoms with Gasteiger partial charge in [0, 0.05) is 23.6 Å². The summed E-state index contributed by atoms with van der Waals surface area (Å²) >= 11 is 3.54. The summed E-state index contributed by atoms with van der Waals surface area (Å²) in [7, 11) is 3.69. The van der Waals surface area contributed by atoms with Gasteiger partial charge in [-0.1, -0.05) is 12.1 Å². The number of nitrogens with zero attached hydrogens (tertiary/aromatic N) is 1. The maximum absolute atomic E-state index is 11.4. The Bertz CT molecular complexity index is 638. The molecule has 0 aromatic heterocycles. The molecule has 0 spiro atoms. The predicted molar refractivity (Wildman–Crippen MR) is 89.2 cm³/mol. The minimum atomic E-state index is 0.0695. The number of carbonyl (C=O) groups is 1. The van der Waals surface area contributed by atoms with Crippen molar-refractivity contribution in [3.8, 4) is 5.75 Å². The minimum Gasteiger partial charge on any atom is -0.497 e. The Morgan fingerprint density at radius 2 is 1.86 bits per heavy atom. The summed E-state index contributed by atoms with van der Waals surface area (Å²) in [4.78, 5) is 13.5. The van der Waals surface area contributed by atoms with E-state index < -0.39 is 0 Å². The average molecular weight is 348 g/mol. The van der Waals surface area contributed by atoms with Gasteiger partial charge < -0.3 is 9.64 Å². The fourth-order valence-electron chi connectivity index (χ4n) is 2.13. The van der Waals surface area contributed by atoms with Crippen molar-refractivity contribution >= 4 is 27.4 Å². The number of ketones is 1. The maximum Gasteiger partial charge on any atom is 0.159 e. The minimum absolute atomic E-state index is 0.0695. The molecule has 0 amide bonds. The van der Waals surface area contributed by atoms with Crippen molar-refractivity contribution in [2.45, 2.75) is 13.5 Å². The molecule has 0 N–H and O–H groups in total. The first-order chi connectivity index (χ1) is 10.0. The largest absolute Gasteiger partial charge is 0.497 e. The molecule has 0 aliphatic heterocycles. The lowest BCUT2D eigenvalue weighted by Gasteiger charge is -2.21. The van der Waals surface area contributed by atoms with Crippen molar-refractivity contribution in [2.75, 3.05) is 19.1 Å². The van der Waals surface area contributed by atoms with E-state index >= 15 is 0 Å². The van der Waals surface area contributed by atoms with Gasteiger partial charge in [-0.15, -0.1) is 0 Å². The molecule has 0 atom stereocenters. The summed E-state index contributed by atoms with van der Waals surface area (Å²) in [6, 6.07) is 13.7. The molecule has 2 aromatic carbocycles. The van der Waals surface area contributed by atoms with Crippen molar-refractivity contribution < 1.29 is 9.53 Å². The highest BCUT2D eigenvalue weighted by Crippen LogP contribution is 2.28. The molecule has 0 fully saturated rings. The molecular weight excluding hydrogens is 330 g/mol. The molecule has 3 nitrogen and oxygen atoms in total. The number of halogens is 1. The Labute approximate surface area is 133 Å². The van der Waals surface area contributed by atoms with Crippen molar-refractivity contribution in [1.29, 1.82) is 0 Å². The summed E-state index contributed by atoms with van der Waals surface area (Å²) in [5, 5.41) is 0. The average Bonchev–Trinajstić information content (AvgIpc) is 2.47. The lowest BCUT2D eigenvalue weighted by molar-refractivity contribution is 0.101. The van der Waals surface area contributed by atoms with E-state index in [0.717, 1.165) is 22.5 Å². The molecule has 0 aliphatic rings. The van der Waals surface area contributed by atoms with Gasteiger partial charge in [0.25, 0.3) is 0 Å². The van der Waals surface area contributed by atoms with Crippen LogP contribution in [0.25, 0.3) is 0 Å². The predicted octanol–water partition coefficient (Wildman–Crippen LogP) is 4.30. The van der Waals surface area contributed by atoms with Gasteiger partial charge >= 0.3 is 0 Å². The number of methoxy groups -OCH3 is 1. The van der Waals surface area contributed by atoms with E-state index in [1.54, 1.807) is 14.0 Å². The fraction of sp³-hybridized carbons (Fsp3) is 0.235. The van der Waals surface area contributed by atoms with Gasteiger partial charge in [0.15, 0.2) is 5.78 Å². The summed E-state index contributed by atoms with van der Waals surface area (Å²) in [6.07, 6.45) is 0. The monoisotopic (exact) mass is 347 g/mol. The molecule has 0 unspecified atom stereocenters. The number of ether oxygens (including phenoxy) is 1. The first kappa shape index (κ1) is 15.6. The first-order valence-corrected chi connectivity index (χ1v) is 7.45. The Hall–Kier alpha value is -1.81. The molecule has 2 aromatic rings. The highest BCUT2D eigenvalue weighted by atomic mass is 79.9. The van der Waals surface area contributed by atoms with E-state index in [4.69, 9.17) is 4.74 Å². The molecule has 0 radical (unpaired) electrons. The van der Waals surface area contributed by atoms with Gasteiger partial charge in [0.2, 0.25) is 0 Å². The van der Waals surface area contributed by atoms with Gasteiger partial charge in [-0.25, -0.2) is 0 Å². The van der Waals surface area contributed by atoms with Gasteiger partial charge in [0.05, 0.1) is 12.8 Å². The van der Waals surface area contributed by atoms with Crippen LogP contribution in [0.2, 0.25) is 0 Å². The highest BCUT2D eigenvalue weighted by molar-refractivity contribution is 9.10. The second kappa shape index (κ2) is 6.76. The lowest BCUT2D eigenvalue weighted by atomic mass is 10.1. The number of Topliss-reactive ketones (excluding diaryl/α,β-unsaturated/α-hetero) is 1. The summed E-state index contributed by atoms with van der Waals surface area (Å²) in [5.74, 6) is 0.924. The van der Waals surface area contributed by atoms with Gasteiger partial charge in [-0.2, -0.15) is 0 Å². The summed E-state index contributed by atoms with van der Waals surface area (Å²) < 4.78 is 6.08. The van der Waals surface area contributed by atoms with Gasteiger partial charge in [-0.3, -0.25) is 4.79 Å². The number of rotatable bonds is 5. The standard InChI is InChI=1S/C17H18BrNO2/c1-12(20)14-6-9-17(16(18)10-14)19(2)11-13-4-7-15(21-3)8-5-13/h4-10H,11H2,1-3H3. The van der Waals surface area contributed by atoms with Crippen molar-refractivity contribution in [1.82, 2.24) is 0 Å². The van der Waals surface area contributed by atoms with Crippen LogP contribution >= 0.6 is 15.9 Å². The summed E-state index contributed by atoms with van der Waals surface area (Å²) in [6.45, 7) is 2.35. The quantitative estimate of drug-likeness (QED) is 0.755. The van der Waals surface area contributed by atoms with E-state index in [2.05, 4.69) is 20.8 Å².